The van der Waals surface area contributed by atoms with Crippen LogP contribution in [0.25, 0.3) is 0 Å². The monoisotopic (exact) mass is 355 g/mol. The standard InChI is InChI=1S/C20H25N3O3/c1-26-15-10-8-14(9-11-15)19(24)22-17-5-3-2-4-16(17)20(25)23-18(12-21)13-6-7-13/h8-11,13,16-18H,2-7H2,1H3,(H,22,24)(H,23,25). The molecule has 0 bridgehead atoms. The topological polar surface area (TPSA) is 91.2 Å². The zero-order valence-electron chi connectivity index (χ0n) is 15.0. The Morgan fingerprint density at radius 2 is 1.85 bits per heavy atom. The van der Waals surface area contributed by atoms with E-state index in [1.165, 1.54) is 0 Å². The van der Waals surface area contributed by atoms with Crippen molar-refractivity contribution in [2.75, 3.05) is 7.11 Å². The summed E-state index contributed by atoms with van der Waals surface area (Å²) in [5.74, 6) is 0.416. The Balaban J connectivity index is 1.63. The summed E-state index contributed by atoms with van der Waals surface area (Å²) in [6.45, 7) is 0. The van der Waals surface area contributed by atoms with E-state index in [0.29, 0.717) is 17.2 Å². The van der Waals surface area contributed by atoms with Gasteiger partial charge in [-0.1, -0.05) is 12.8 Å². The number of hydrogen-bond acceptors (Lipinski definition) is 4. The number of carbonyl (C=O) groups is 2. The molecular weight excluding hydrogens is 330 g/mol. The first kappa shape index (κ1) is 18.2. The molecule has 2 aliphatic rings. The van der Waals surface area contributed by atoms with Crippen molar-refractivity contribution in [3.8, 4) is 11.8 Å². The molecule has 2 amide bonds. The van der Waals surface area contributed by atoms with Gasteiger partial charge in [-0.3, -0.25) is 9.59 Å². The third-order valence-electron chi connectivity index (χ3n) is 5.30. The minimum Gasteiger partial charge on any atom is -0.497 e. The van der Waals surface area contributed by atoms with Crippen LogP contribution in [-0.4, -0.2) is 31.0 Å². The summed E-state index contributed by atoms with van der Waals surface area (Å²) in [5.41, 5.74) is 0.545. The molecule has 0 heterocycles. The molecule has 6 nitrogen and oxygen atoms in total. The van der Waals surface area contributed by atoms with Gasteiger partial charge >= 0.3 is 0 Å². The number of carbonyl (C=O) groups excluding carboxylic acids is 2. The SMILES string of the molecule is COc1ccc(C(=O)NC2CCCCC2C(=O)NC(C#N)C2CC2)cc1. The van der Waals surface area contributed by atoms with Crippen molar-refractivity contribution >= 4 is 11.8 Å². The Labute approximate surface area is 153 Å². The first-order valence-electron chi connectivity index (χ1n) is 9.27. The fourth-order valence-electron chi connectivity index (χ4n) is 3.56. The van der Waals surface area contributed by atoms with Gasteiger partial charge in [0.1, 0.15) is 11.8 Å². The molecule has 6 heteroatoms. The summed E-state index contributed by atoms with van der Waals surface area (Å²) in [6, 6.07) is 8.51. The van der Waals surface area contributed by atoms with Crippen molar-refractivity contribution in [3.63, 3.8) is 0 Å². The van der Waals surface area contributed by atoms with Crippen molar-refractivity contribution in [2.45, 2.75) is 50.6 Å². The zero-order chi connectivity index (χ0) is 18.5. The van der Waals surface area contributed by atoms with Gasteiger partial charge in [-0.25, -0.2) is 0 Å². The molecule has 3 unspecified atom stereocenters. The number of ether oxygens (including phenoxy) is 1. The summed E-state index contributed by atoms with van der Waals surface area (Å²) < 4.78 is 5.11. The lowest BCUT2D eigenvalue weighted by atomic mass is 9.83. The van der Waals surface area contributed by atoms with Crippen molar-refractivity contribution < 1.29 is 14.3 Å². The third kappa shape index (κ3) is 4.34. The van der Waals surface area contributed by atoms with Crippen LogP contribution in [0.15, 0.2) is 24.3 Å². The van der Waals surface area contributed by atoms with Crippen LogP contribution in [0.5, 0.6) is 5.75 Å². The van der Waals surface area contributed by atoms with Crippen molar-refractivity contribution in [1.29, 1.82) is 5.26 Å². The van der Waals surface area contributed by atoms with Gasteiger partial charge in [0.25, 0.3) is 5.91 Å². The summed E-state index contributed by atoms with van der Waals surface area (Å²) >= 11 is 0. The van der Waals surface area contributed by atoms with Gasteiger partial charge in [-0.2, -0.15) is 5.26 Å². The largest absolute Gasteiger partial charge is 0.497 e. The predicted octanol–water partition coefficient (Wildman–Crippen LogP) is 2.40. The predicted molar refractivity (Wildman–Crippen MR) is 96.5 cm³/mol. The number of amides is 2. The number of rotatable bonds is 6. The molecule has 0 aromatic heterocycles. The molecule has 3 rings (SSSR count). The van der Waals surface area contributed by atoms with Gasteiger partial charge in [0, 0.05) is 11.6 Å². The number of benzene rings is 1. The lowest BCUT2D eigenvalue weighted by molar-refractivity contribution is -0.127. The number of nitrogens with one attached hydrogen (secondary N) is 2. The minimum atomic E-state index is -0.401. The zero-order valence-corrected chi connectivity index (χ0v) is 15.0. The smallest absolute Gasteiger partial charge is 0.251 e. The van der Waals surface area contributed by atoms with Gasteiger partial charge in [0.2, 0.25) is 5.91 Å². The van der Waals surface area contributed by atoms with Gasteiger partial charge in [0.05, 0.1) is 19.1 Å². The van der Waals surface area contributed by atoms with Gasteiger partial charge in [0.15, 0.2) is 0 Å². The quantitative estimate of drug-likeness (QED) is 0.820. The van der Waals surface area contributed by atoms with Crippen LogP contribution in [-0.2, 0) is 4.79 Å². The minimum absolute atomic E-state index is 0.108. The maximum atomic E-state index is 12.7. The number of nitrogens with zero attached hydrogens (tertiary/aromatic N) is 1. The second kappa shape index (κ2) is 8.22. The van der Waals surface area contributed by atoms with Crippen LogP contribution in [0.1, 0.15) is 48.9 Å². The first-order valence-corrected chi connectivity index (χ1v) is 9.27. The molecule has 0 saturated heterocycles. The molecule has 2 saturated carbocycles. The van der Waals surface area contributed by atoms with Crippen LogP contribution in [0.2, 0.25) is 0 Å². The maximum absolute atomic E-state index is 12.7. The summed E-state index contributed by atoms with van der Waals surface area (Å²) in [6.07, 6.45) is 5.47. The van der Waals surface area contributed by atoms with Crippen molar-refractivity contribution in [1.82, 2.24) is 10.6 Å². The molecule has 0 aliphatic heterocycles. The summed E-state index contributed by atoms with van der Waals surface area (Å²) in [5, 5.41) is 15.1. The van der Waals surface area contributed by atoms with E-state index in [1.807, 2.05) is 0 Å². The van der Waals surface area contributed by atoms with E-state index < -0.39 is 6.04 Å². The molecule has 2 N–H and O–H groups in total. The van der Waals surface area contributed by atoms with Gasteiger partial charge < -0.3 is 15.4 Å². The molecule has 1 aromatic rings. The third-order valence-corrected chi connectivity index (χ3v) is 5.30. The molecule has 0 radical (unpaired) electrons. The number of methoxy groups -OCH3 is 1. The fourth-order valence-corrected chi connectivity index (χ4v) is 3.56. The molecule has 1 aromatic carbocycles. The Morgan fingerprint density at radius 3 is 2.46 bits per heavy atom. The Morgan fingerprint density at radius 1 is 1.15 bits per heavy atom. The van der Waals surface area contributed by atoms with E-state index in [1.54, 1.807) is 31.4 Å². The summed E-state index contributed by atoms with van der Waals surface area (Å²) in [4.78, 5) is 25.2. The van der Waals surface area contributed by atoms with Crippen LogP contribution in [0.3, 0.4) is 0 Å². The average molecular weight is 355 g/mol. The van der Waals surface area contributed by atoms with E-state index in [9.17, 15) is 14.9 Å². The highest BCUT2D eigenvalue weighted by molar-refractivity contribution is 5.95. The molecule has 138 valence electrons. The normalized spacial score (nSPS) is 23.4. The van der Waals surface area contributed by atoms with E-state index >= 15 is 0 Å². The highest BCUT2D eigenvalue weighted by Gasteiger charge is 2.37. The molecule has 0 spiro atoms. The highest BCUT2D eigenvalue weighted by Crippen LogP contribution is 2.33. The van der Waals surface area contributed by atoms with Crippen LogP contribution in [0, 0.1) is 23.2 Å². The van der Waals surface area contributed by atoms with Crippen molar-refractivity contribution in [2.24, 2.45) is 11.8 Å². The second-order valence-corrected chi connectivity index (χ2v) is 7.15. The Kier molecular flexibility index (Phi) is 5.77. The lowest BCUT2D eigenvalue weighted by Crippen LogP contribution is -2.50. The van der Waals surface area contributed by atoms with Crippen LogP contribution < -0.4 is 15.4 Å². The fraction of sp³-hybridized carbons (Fsp3) is 0.550. The van der Waals surface area contributed by atoms with E-state index in [2.05, 4.69) is 16.7 Å². The van der Waals surface area contributed by atoms with Gasteiger partial charge in [-0.05, 0) is 55.9 Å². The molecule has 2 fully saturated rings. The van der Waals surface area contributed by atoms with E-state index in [-0.39, 0.29) is 23.8 Å². The highest BCUT2D eigenvalue weighted by atomic mass is 16.5. The number of nitriles is 1. The lowest BCUT2D eigenvalue weighted by Gasteiger charge is -2.31. The van der Waals surface area contributed by atoms with Crippen molar-refractivity contribution in [3.05, 3.63) is 29.8 Å². The Hall–Kier alpha value is -2.55. The maximum Gasteiger partial charge on any atom is 0.251 e. The second-order valence-electron chi connectivity index (χ2n) is 7.15. The van der Waals surface area contributed by atoms with E-state index in [0.717, 1.165) is 38.5 Å². The molecule has 3 atom stereocenters. The molecule has 26 heavy (non-hydrogen) atoms. The van der Waals surface area contributed by atoms with Crippen LogP contribution >= 0.6 is 0 Å². The molecule has 2 aliphatic carbocycles. The first-order chi connectivity index (χ1) is 12.6. The average Bonchev–Trinajstić information content (AvgIpc) is 3.51. The van der Waals surface area contributed by atoms with E-state index in [4.69, 9.17) is 4.74 Å². The molecular formula is C20H25N3O3. The van der Waals surface area contributed by atoms with Crippen LogP contribution in [0.4, 0.5) is 0 Å². The number of hydrogen-bond donors (Lipinski definition) is 2. The summed E-state index contributed by atoms with van der Waals surface area (Å²) in [7, 11) is 1.58. The Bertz CT molecular complexity index is 691. The van der Waals surface area contributed by atoms with Gasteiger partial charge in [-0.15, -0.1) is 0 Å².